The van der Waals surface area contributed by atoms with Crippen LogP contribution in [0.1, 0.15) is 21.1 Å². The Kier molecular flexibility index (Phi) is 5.32. The highest BCUT2D eigenvalue weighted by Gasteiger charge is 2.40. The molecule has 10 heteroatoms. The number of hydrogen-bond acceptors (Lipinski definition) is 4. The van der Waals surface area contributed by atoms with Gasteiger partial charge in [0, 0.05) is 16.6 Å². The Balaban J connectivity index is 1.62. The Morgan fingerprint density at radius 2 is 1.74 bits per heavy atom. The van der Waals surface area contributed by atoms with E-state index in [1.165, 1.54) is 11.3 Å². The van der Waals surface area contributed by atoms with Crippen LogP contribution in [0.15, 0.2) is 60.1 Å². The predicted octanol–water partition coefficient (Wildman–Crippen LogP) is 5.71. The van der Waals surface area contributed by atoms with Gasteiger partial charge in [-0.1, -0.05) is 12.1 Å². The van der Waals surface area contributed by atoms with E-state index in [0.29, 0.717) is 10.4 Å². The van der Waals surface area contributed by atoms with Crippen LogP contribution in [0, 0.1) is 12.7 Å². The van der Waals surface area contributed by atoms with Gasteiger partial charge in [0.2, 0.25) is 0 Å². The van der Waals surface area contributed by atoms with E-state index in [0.717, 1.165) is 46.7 Å². The van der Waals surface area contributed by atoms with Gasteiger partial charge in [-0.05, 0) is 43.3 Å². The van der Waals surface area contributed by atoms with Crippen molar-refractivity contribution in [3.05, 3.63) is 82.2 Å². The first-order chi connectivity index (χ1) is 14.7. The Morgan fingerprint density at radius 3 is 2.32 bits per heavy atom. The fourth-order valence-corrected chi connectivity index (χ4v) is 3.61. The molecule has 0 aliphatic heterocycles. The smallest absolute Gasteiger partial charge is 0.322 e. The highest BCUT2D eigenvalue weighted by atomic mass is 32.1. The molecule has 2 aromatic carbocycles. The monoisotopic (exact) mass is 446 g/mol. The van der Waals surface area contributed by atoms with E-state index < -0.39 is 29.2 Å². The number of nitrogens with zero attached hydrogens (tertiary/aromatic N) is 3. The summed E-state index contributed by atoms with van der Waals surface area (Å²) < 4.78 is 54.9. The van der Waals surface area contributed by atoms with E-state index >= 15 is 0 Å². The molecule has 0 bridgehead atoms. The first-order valence-electron chi connectivity index (χ1n) is 8.97. The standard InChI is InChI=1S/C21H14F4N4OS/c1-12-27-18(11-31-12)13-2-6-15(7-3-13)28-20(30)17-10-26-29(19(17)21(23,24)25)16-8-4-14(22)5-9-16/h2-11H,1H3,(H,28,30). The number of aromatic nitrogens is 3. The highest BCUT2D eigenvalue weighted by molar-refractivity contribution is 7.09. The van der Waals surface area contributed by atoms with Crippen LogP contribution in [-0.2, 0) is 6.18 Å². The lowest BCUT2D eigenvalue weighted by atomic mass is 10.1. The van der Waals surface area contributed by atoms with Gasteiger partial charge in [-0.2, -0.15) is 18.3 Å². The maximum Gasteiger partial charge on any atom is 0.434 e. The van der Waals surface area contributed by atoms with Crippen molar-refractivity contribution in [2.75, 3.05) is 5.32 Å². The van der Waals surface area contributed by atoms with E-state index in [2.05, 4.69) is 15.4 Å². The molecule has 0 aliphatic rings. The van der Waals surface area contributed by atoms with Crippen LogP contribution < -0.4 is 5.32 Å². The number of benzene rings is 2. The van der Waals surface area contributed by atoms with E-state index in [1.807, 2.05) is 12.3 Å². The molecule has 0 unspecified atom stereocenters. The first kappa shape index (κ1) is 20.7. The van der Waals surface area contributed by atoms with Crippen LogP contribution in [0.5, 0.6) is 0 Å². The molecule has 0 spiro atoms. The Bertz CT molecular complexity index is 1230. The van der Waals surface area contributed by atoms with Crippen molar-refractivity contribution < 1.29 is 22.4 Å². The summed E-state index contributed by atoms with van der Waals surface area (Å²) in [5.74, 6) is -1.56. The zero-order chi connectivity index (χ0) is 22.2. The van der Waals surface area contributed by atoms with Crippen LogP contribution in [0.4, 0.5) is 23.2 Å². The number of rotatable bonds is 4. The normalized spacial score (nSPS) is 11.5. The maximum absolute atomic E-state index is 13.7. The first-order valence-corrected chi connectivity index (χ1v) is 9.85. The summed E-state index contributed by atoms with van der Waals surface area (Å²) in [4.78, 5) is 17.0. The topological polar surface area (TPSA) is 59.8 Å². The Labute approximate surface area is 178 Å². The second kappa shape index (κ2) is 7.95. The van der Waals surface area contributed by atoms with Crippen molar-refractivity contribution in [3.8, 4) is 16.9 Å². The third-order valence-electron chi connectivity index (χ3n) is 4.41. The SMILES string of the molecule is Cc1nc(-c2ccc(NC(=O)c3cnn(-c4ccc(F)cc4)c3C(F)(F)F)cc2)cs1. The molecule has 31 heavy (non-hydrogen) atoms. The number of carbonyl (C=O) groups is 1. The highest BCUT2D eigenvalue weighted by Crippen LogP contribution is 2.34. The number of anilines is 1. The second-order valence-corrected chi connectivity index (χ2v) is 7.64. The molecule has 0 fully saturated rings. The number of halogens is 4. The number of thiazole rings is 1. The fraction of sp³-hybridized carbons (Fsp3) is 0.0952. The van der Waals surface area contributed by atoms with Crippen molar-refractivity contribution in [1.29, 1.82) is 0 Å². The minimum Gasteiger partial charge on any atom is -0.322 e. The third-order valence-corrected chi connectivity index (χ3v) is 5.18. The minimum atomic E-state index is -4.86. The van der Waals surface area contributed by atoms with Gasteiger partial charge in [-0.3, -0.25) is 4.79 Å². The molecule has 0 radical (unpaired) electrons. The number of carbonyl (C=O) groups excluding carboxylic acids is 1. The van der Waals surface area contributed by atoms with Crippen molar-refractivity contribution in [2.45, 2.75) is 13.1 Å². The van der Waals surface area contributed by atoms with E-state index in [-0.39, 0.29) is 5.69 Å². The van der Waals surface area contributed by atoms with Gasteiger partial charge < -0.3 is 5.32 Å². The lowest BCUT2D eigenvalue weighted by molar-refractivity contribution is -0.143. The van der Waals surface area contributed by atoms with Crippen molar-refractivity contribution in [1.82, 2.24) is 14.8 Å². The number of nitrogens with one attached hydrogen (secondary N) is 1. The van der Waals surface area contributed by atoms with E-state index in [1.54, 1.807) is 24.3 Å². The summed E-state index contributed by atoms with van der Waals surface area (Å²) in [7, 11) is 0. The van der Waals surface area contributed by atoms with Crippen LogP contribution in [-0.4, -0.2) is 20.7 Å². The minimum absolute atomic E-state index is 0.0179. The van der Waals surface area contributed by atoms with Crippen LogP contribution in [0.3, 0.4) is 0 Å². The molecule has 4 aromatic rings. The molecule has 1 N–H and O–H groups in total. The zero-order valence-corrected chi connectivity index (χ0v) is 16.8. The summed E-state index contributed by atoms with van der Waals surface area (Å²) in [6.45, 7) is 1.88. The number of amides is 1. The summed E-state index contributed by atoms with van der Waals surface area (Å²) in [6, 6.07) is 10.9. The number of hydrogen-bond donors (Lipinski definition) is 1. The largest absolute Gasteiger partial charge is 0.434 e. The maximum atomic E-state index is 13.7. The quantitative estimate of drug-likeness (QED) is 0.408. The molecular formula is C21H14F4N4OS. The van der Waals surface area contributed by atoms with Crippen molar-refractivity contribution in [3.63, 3.8) is 0 Å². The Hall–Kier alpha value is -3.53. The van der Waals surface area contributed by atoms with Crippen molar-refractivity contribution in [2.24, 2.45) is 0 Å². The van der Waals surface area contributed by atoms with Gasteiger partial charge in [0.05, 0.1) is 28.1 Å². The lowest BCUT2D eigenvalue weighted by Crippen LogP contribution is -2.20. The molecule has 0 atom stereocenters. The van der Waals surface area contributed by atoms with Gasteiger partial charge in [0.1, 0.15) is 5.82 Å². The number of aryl methyl sites for hydroxylation is 1. The van der Waals surface area contributed by atoms with Gasteiger partial charge in [-0.25, -0.2) is 14.1 Å². The molecule has 1 amide bonds. The molecule has 158 valence electrons. The van der Waals surface area contributed by atoms with Crippen LogP contribution >= 0.6 is 11.3 Å². The summed E-state index contributed by atoms with van der Waals surface area (Å²) in [6.07, 6.45) is -4.02. The molecule has 0 aliphatic carbocycles. The van der Waals surface area contributed by atoms with Gasteiger partial charge in [0.15, 0.2) is 5.69 Å². The predicted molar refractivity (Wildman–Crippen MR) is 109 cm³/mol. The zero-order valence-electron chi connectivity index (χ0n) is 15.9. The summed E-state index contributed by atoms with van der Waals surface area (Å²) in [5.41, 5.74) is 0.0176. The van der Waals surface area contributed by atoms with E-state index in [9.17, 15) is 22.4 Å². The summed E-state index contributed by atoms with van der Waals surface area (Å²) in [5, 5.41) is 8.96. The fourth-order valence-electron chi connectivity index (χ4n) is 2.98. The average molecular weight is 446 g/mol. The van der Waals surface area contributed by atoms with Crippen molar-refractivity contribution >= 4 is 22.9 Å². The molecule has 4 rings (SSSR count). The molecule has 0 saturated carbocycles. The summed E-state index contributed by atoms with van der Waals surface area (Å²) >= 11 is 1.50. The molecule has 0 saturated heterocycles. The van der Waals surface area contributed by atoms with Gasteiger partial charge in [-0.15, -0.1) is 11.3 Å². The molecule has 2 heterocycles. The van der Waals surface area contributed by atoms with Gasteiger partial charge in [0.25, 0.3) is 5.91 Å². The molecular weight excluding hydrogens is 432 g/mol. The third kappa shape index (κ3) is 4.33. The van der Waals surface area contributed by atoms with E-state index in [4.69, 9.17) is 0 Å². The lowest BCUT2D eigenvalue weighted by Gasteiger charge is -2.13. The van der Waals surface area contributed by atoms with Gasteiger partial charge >= 0.3 is 6.18 Å². The second-order valence-electron chi connectivity index (χ2n) is 6.58. The molecule has 2 aromatic heterocycles. The van der Waals surface area contributed by atoms with Crippen LogP contribution in [0.2, 0.25) is 0 Å². The van der Waals surface area contributed by atoms with Crippen LogP contribution in [0.25, 0.3) is 16.9 Å². The molecule has 5 nitrogen and oxygen atoms in total. The Morgan fingerprint density at radius 1 is 1.06 bits per heavy atom. The average Bonchev–Trinajstić information content (AvgIpc) is 3.36. The number of alkyl halides is 3.